The summed E-state index contributed by atoms with van der Waals surface area (Å²) in [6, 6.07) is 0.574. The van der Waals surface area contributed by atoms with Crippen LogP contribution in [0.4, 0.5) is 0 Å². The monoisotopic (exact) mass is 392 g/mol. The molecule has 1 aromatic rings. The summed E-state index contributed by atoms with van der Waals surface area (Å²) in [5.41, 5.74) is 2.22. The first-order valence-electron chi connectivity index (χ1n) is 7.13. The van der Waals surface area contributed by atoms with E-state index in [-0.39, 0.29) is 24.0 Å². The van der Waals surface area contributed by atoms with Gasteiger partial charge < -0.3 is 15.2 Å². The molecule has 0 saturated heterocycles. The molecule has 2 N–H and O–H groups in total. The van der Waals surface area contributed by atoms with Gasteiger partial charge >= 0.3 is 0 Å². The van der Waals surface area contributed by atoms with E-state index in [1.807, 2.05) is 0 Å². The summed E-state index contributed by atoms with van der Waals surface area (Å²) in [6.45, 7) is 7.15. The molecule has 2 unspecified atom stereocenters. The van der Waals surface area contributed by atoms with Gasteiger partial charge in [-0.25, -0.2) is 0 Å². The normalized spacial score (nSPS) is 21.3. The summed E-state index contributed by atoms with van der Waals surface area (Å²) in [7, 11) is 1.80. The van der Waals surface area contributed by atoms with Crippen molar-refractivity contribution in [3.05, 3.63) is 17.0 Å². The van der Waals surface area contributed by atoms with E-state index in [0.29, 0.717) is 6.04 Å². The van der Waals surface area contributed by atoms with E-state index in [1.54, 1.807) is 7.05 Å². The average Bonchev–Trinajstić information content (AvgIpc) is 2.97. The maximum absolute atomic E-state index is 5.36. The number of hydrogen-bond acceptors (Lipinski definition) is 3. The van der Waals surface area contributed by atoms with Crippen LogP contribution in [0.5, 0.6) is 0 Å². The predicted molar refractivity (Wildman–Crippen MR) is 91.6 cm³/mol. The standard InChI is InChI=1S/C14H24N4O.HI/c1-5-11-10(13(6-2)19-18-11)8-16-14(15-4)17-12-7-9(12)3;/h9,12H,5-8H2,1-4H3,(H2,15,16,17);1H. The Morgan fingerprint density at radius 2 is 2.10 bits per heavy atom. The van der Waals surface area contributed by atoms with Gasteiger partial charge in [-0.15, -0.1) is 24.0 Å². The van der Waals surface area contributed by atoms with Crippen LogP contribution in [0.25, 0.3) is 0 Å². The van der Waals surface area contributed by atoms with Gasteiger partial charge in [0.1, 0.15) is 5.76 Å². The molecule has 0 spiro atoms. The molecule has 0 amide bonds. The first-order valence-corrected chi connectivity index (χ1v) is 7.13. The van der Waals surface area contributed by atoms with Gasteiger partial charge in [0.2, 0.25) is 0 Å². The molecule has 1 heterocycles. The van der Waals surface area contributed by atoms with E-state index in [4.69, 9.17) is 4.52 Å². The zero-order valence-corrected chi connectivity index (χ0v) is 15.0. The number of nitrogens with one attached hydrogen (secondary N) is 2. The fraction of sp³-hybridized carbons (Fsp3) is 0.714. The van der Waals surface area contributed by atoms with Crippen LogP contribution in [0.3, 0.4) is 0 Å². The highest BCUT2D eigenvalue weighted by atomic mass is 127. The van der Waals surface area contributed by atoms with E-state index in [0.717, 1.165) is 42.7 Å². The number of aryl methyl sites for hydroxylation is 2. The SMILES string of the molecule is CCc1noc(CC)c1CNC(=NC)NC1CC1C.I. The molecular formula is C14H25IN4O. The quantitative estimate of drug-likeness (QED) is 0.459. The van der Waals surface area contributed by atoms with Gasteiger partial charge in [0, 0.05) is 31.6 Å². The molecule has 6 heteroatoms. The molecule has 0 aliphatic heterocycles. The maximum atomic E-state index is 5.36. The van der Waals surface area contributed by atoms with Gasteiger partial charge in [0.15, 0.2) is 5.96 Å². The Labute approximate surface area is 138 Å². The Hall–Kier alpha value is -0.790. The fourth-order valence-electron chi connectivity index (χ4n) is 2.20. The molecule has 20 heavy (non-hydrogen) atoms. The highest BCUT2D eigenvalue weighted by molar-refractivity contribution is 14.0. The Bertz CT molecular complexity index is 437. The highest BCUT2D eigenvalue weighted by Gasteiger charge is 2.33. The molecule has 5 nitrogen and oxygen atoms in total. The van der Waals surface area contributed by atoms with Crippen molar-refractivity contribution in [2.45, 2.75) is 52.6 Å². The Balaban J connectivity index is 0.00000200. The smallest absolute Gasteiger partial charge is 0.191 e. The molecule has 0 bridgehead atoms. The van der Waals surface area contributed by atoms with E-state index in [9.17, 15) is 0 Å². The lowest BCUT2D eigenvalue weighted by Crippen LogP contribution is -2.38. The second kappa shape index (κ2) is 7.85. The Morgan fingerprint density at radius 3 is 2.60 bits per heavy atom. The Morgan fingerprint density at radius 1 is 1.40 bits per heavy atom. The van der Waals surface area contributed by atoms with Crippen LogP contribution in [0.15, 0.2) is 9.52 Å². The third kappa shape index (κ3) is 4.10. The van der Waals surface area contributed by atoms with Crippen molar-refractivity contribution in [3.63, 3.8) is 0 Å². The van der Waals surface area contributed by atoms with Crippen LogP contribution in [-0.4, -0.2) is 24.2 Å². The average molecular weight is 392 g/mol. The van der Waals surface area contributed by atoms with Crippen LogP contribution in [-0.2, 0) is 19.4 Å². The first-order chi connectivity index (χ1) is 9.19. The maximum Gasteiger partial charge on any atom is 0.191 e. The molecule has 1 aromatic heterocycles. The summed E-state index contributed by atoms with van der Waals surface area (Å²) >= 11 is 0. The van der Waals surface area contributed by atoms with E-state index in [1.165, 1.54) is 12.0 Å². The Kier molecular flexibility index (Phi) is 6.78. The number of aromatic nitrogens is 1. The van der Waals surface area contributed by atoms with Crippen LogP contribution in [0.2, 0.25) is 0 Å². The summed E-state index contributed by atoms with van der Waals surface area (Å²) in [4.78, 5) is 4.26. The summed E-state index contributed by atoms with van der Waals surface area (Å²) in [5, 5.41) is 10.9. The molecular weight excluding hydrogens is 367 g/mol. The zero-order valence-electron chi connectivity index (χ0n) is 12.7. The topological polar surface area (TPSA) is 62.5 Å². The van der Waals surface area contributed by atoms with E-state index < -0.39 is 0 Å². The third-order valence-electron chi connectivity index (χ3n) is 3.69. The van der Waals surface area contributed by atoms with Crippen molar-refractivity contribution in [2.75, 3.05) is 7.05 Å². The van der Waals surface area contributed by atoms with Crippen LogP contribution >= 0.6 is 24.0 Å². The molecule has 1 aliphatic rings. The van der Waals surface area contributed by atoms with Gasteiger partial charge in [-0.3, -0.25) is 4.99 Å². The number of guanidine groups is 1. The number of aliphatic imine (C=N–C) groups is 1. The number of halogens is 1. The summed E-state index contributed by atoms with van der Waals surface area (Å²) in [6.07, 6.45) is 3.00. The van der Waals surface area contributed by atoms with Crippen molar-refractivity contribution in [2.24, 2.45) is 10.9 Å². The predicted octanol–water partition coefficient (Wildman–Crippen LogP) is 2.49. The van der Waals surface area contributed by atoms with Crippen LogP contribution in [0, 0.1) is 5.92 Å². The number of hydrogen-bond donors (Lipinski definition) is 2. The number of rotatable bonds is 5. The van der Waals surface area contributed by atoms with Crippen molar-refractivity contribution in [3.8, 4) is 0 Å². The minimum atomic E-state index is 0. The summed E-state index contributed by atoms with van der Waals surface area (Å²) < 4.78 is 5.36. The molecule has 0 aromatic carbocycles. The molecule has 1 aliphatic carbocycles. The lowest BCUT2D eigenvalue weighted by Gasteiger charge is -2.11. The lowest BCUT2D eigenvalue weighted by atomic mass is 10.1. The number of nitrogens with zero attached hydrogens (tertiary/aromatic N) is 2. The van der Waals surface area contributed by atoms with Gasteiger partial charge in [-0.2, -0.15) is 0 Å². The van der Waals surface area contributed by atoms with E-state index >= 15 is 0 Å². The van der Waals surface area contributed by atoms with E-state index in [2.05, 4.69) is 41.6 Å². The molecule has 2 rings (SSSR count). The lowest BCUT2D eigenvalue weighted by molar-refractivity contribution is 0.380. The van der Waals surface area contributed by atoms with Crippen molar-refractivity contribution in [1.82, 2.24) is 15.8 Å². The molecule has 2 atom stereocenters. The molecule has 0 radical (unpaired) electrons. The third-order valence-corrected chi connectivity index (χ3v) is 3.69. The minimum Gasteiger partial charge on any atom is -0.361 e. The van der Waals surface area contributed by atoms with Gasteiger partial charge in [-0.1, -0.05) is 25.9 Å². The molecule has 1 fully saturated rings. The minimum absolute atomic E-state index is 0. The second-order valence-corrected chi connectivity index (χ2v) is 5.13. The fourth-order valence-corrected chi connectivity index (χ4v) is 2.20. The zero-order chi connectivity index (χ0) is 13.8. The highest BCUT2D eigenvalue weighted by Crippen LogP contribution is 2.28. The summed E-state index contributed by atoms with van der Waals surface area (Å²) in [5.74, 6) is 2.59. The van der Waals surface area contributed by atoms with Gasteiger partial charge in [0.25, 0.3) is 0 Å². The molecule has 1 saturated carbocycles. The van der Waals surface area contributed by atoms with Crippen LogP contribution in [0.1, 0.15) is 44.2 Å². The van der Waals surface area contributed by atoms with Crippen molar-refractivity contribution >= 4 is 29.9 Å². The van der Waals surface area contributed by atoms with Crippen molar-refractivity contribution in [1.29, 1.82) is 0 Å². The van der Waals surface area contributed by atoms with Crippen molar-refractivity contribution < 1.29 is 4.52 Å². The second-order valence-electron chi connectivity index (χ2n) is 5.13. The molecule has 114 valence electrons. The van der Waals surface area contributed by atoms with Gasteiger partial charge in [0.05, 0.1) is 5.69 Å². The van der Waals surface area contributed by atoms with Gasteiger partial charge in [-0.05, 0) is 18.8 Å². The van der Waals surface area contributed by atoms with Crippen LogP contribution < -0.4 is 10.6 Å². The largest absolute Gasteiger partial charge is 0.361 e. The first kappa shape index (κ1) is 17.3.